The molecule has 2 heterocycles. The van der Waals surface area contributed by atoms with Crippen LogP contribution in [0.5, 0.6) is 0 Å². The summed E-state index contributed by atoms with van der Waals surface area (Å²) >= 11 is 3.38. The molecule has 1 unspecified atom stereocenters. The molecule has 3 N–H and O–H groups in total. The number of nitrogens with one attached hydrogen (secondary N) is 1. The van der Waals surface area contributed by atoms with Gasteiger partial charge in [0.05, 0.1) is 6.61 Å². The van der Waals surface area contributed by atoms with Gasteiger partial charge in [0.25, 0.3) is 0 Å². The maximum absolute atomic E-state index is 13.5. The summed E-state index contributed by atoms with van der Waals surface area (Å²) in [5.41, 5.74) is 4.42. The van der Waals surface area contributed by atoms with E-state index in [-0.39, 0.29) is 42.6 Å². The Hall–Kier alpha value is -3.11. The lowest BCUT2D eigenvalue weighted by atomic mass is 9.67. The number of hydrogen-bond donors (Lipinski definition) is 2. The normalized spacial score (nSPS) is 19.6. The summed E-state index contributed by atoms with van der Waals surface area (Å²) in [6.45, 7) is 4.92. The van der Waals surface area contributed by atoms with Crippen molar-refractivity contribution in [2.45, 2.75) is 12.3 Å². The molecule has 0 saturated heterocycles. The Labute approximate surface area is 187 Å². The highest BCUT2D eigenvalue weighted by Gasteiger charge is 2.61. The van der Waals surface area contributed by atoms with Crippen LogP contribution >= 0.6 is 15.9 Å². The van der Waals surface area contributed by atoms with Crippen molar-refractivity contribution in [2.75, 3.05) is 32.2 Å². The number of fused-ring (bicyclic) bond motifs is 2. The highest BCUT2D eigenvalue weighted by molar-refractivity contribution is 9.10. The first-order chi connectivity index (χ1) is 14.8. The van der Waals surface area contributed by atoms with Crippen molar-refractivity contribution in [1.29, 1.82) is 0 Å². The molecule has 1 aromatic carbocycles. The Kier molecular flexibility index (Phi) is 6.51. The van der Waals surface area contributed by atoms with Gasteiger partial charge in [0.1, 0.15) is 35.5 Å². The summed E-state index contributed by atoms with van der Waals surface area (Å²) in [5, 5.41) is 2.72. The van der Waals surface area contributed by atoms with Gasteiger partial charge in [-0.15, -0.1) is 0 Å². The zero-order valence-electron chi connectivity index (χ0n) is 17.0. The summed E-state index contributed by atoms with van der Waals surface area (Å²) in [6, 6.07) is 4.99. The second-order valence-electron chi connectivity index (χ2n) is 6.68. The molecule has 0 radical (unpaired) electrons. The monoisotopic (exact) mass is 492 g/mol. The van der Waals surface area contributed by atoms with Crippen LogP contribution in [0.15, 0.2) is 58.1 Å². The van der Waals surface area contributed by atoms with Crippen LogP contribution in [0.25, 0.3) is 0 Å². The third-order valence-electron chi connectivity index (χ3n) is 4.85. The Morgan fingerprint density at radius 3 is 2.65 bits per heavy atom. The van der Waals surface area contributed by atoms with Crippen molar-refractivity contribution >= 4 is 39.5 Å². The van der Waals surface area contributed by atoms with Crippen LogP contribution in [0.4, 0.5) is 5.69 Å². The molecule has 3 rings (SSSR count). The van der Waals surface area contributed by atoms with Gasteiger partial charge in [-0.25, -0.2) is 9.59 Å². The number of carbonyl (C=O) groups is 3. The number of amides is 1. The van der Waals surface area contributed by atoms with E-state index in [1.54, 1.807) is 18.2 Å². The first kappa shape index (κ1) is 22.6. The molecule has 1 aromatic rings. The van der Waals surface area contributed by atoms with Crippen LogP contribution in [0, 0.1) is 0 Å². The van der Waals surface area contributed by atoms with Crippen molar-refractivity contribution in [3.05, 3.63) is 63.7 Å². The van der Waals surface area contributed by atoms with Gasteiger partial charge in [-0.05, 0) is 25.1 Å². The van der Waals surface area contributed by atoms with Crippen LogP contribution in [-0.4, -0.2) is 44.8 Å². The molecule has 0 saturated carbocycles. The average molecular weight is 493 g/mol. The van der Waals surface area contributed by atoms with E-state index in [1.807, 2.05) is 0 Å². The van der Waals surface area contributed by atoms with Crippen molar-refractivity contribution in [3.63, 3.8) is 0 Å². The van der Waals surface area contributed by atoms with E-state index < -0.39 is 23.3 Å². The number of halogens is 1. The maximum atomic E-state index is 13.5. The van der Waals surface area contributed by atoms with Gasteiger partial charge in [-0.3, -0.25) is 4.79 Å². The molecular formula is C21H21BrN2O7. The summed E-state index contributed by atoms with van der Waals surface area (Å²) in [5.74, 6) is -2.74. The number of esters is 2. The summed E-state index contributed by atoms with van der Waals surface area (Å²) in [6.07, 6.45) is 1.38. The zero-order chi connectivity index (χ0) is 22.8. The van der Waals surface area contributed by atoms with Gasteiger partial charge in [-0.1, -0.05) is 28.6 Å². The molecule has 2 aliphatic rings. The predicted octanol–water partition coefficient (Wildman–Crippen LogP) is 2.03. The largest absolute Gasteiger partial charge is 0.460 e. The van der Waals surface area contributed by atoms with E-state index in [4.69, 9.17) is 24.7 Å². The lowest BCUT2D eigenvalue weighted by Gasteiger charge is -2.35. The molecule has 0 bridgehead atoms. The highest BCUT2D eigenvalue weighted by atomic mass is 79.9. The SMILES string of the molecule is C=CCOC(=O)C1=C(C)OC(N)=C(C(=O)OCCOC)C12C(=O)Nc1ccc(Br)cc12. The fourth-order valence-corrected chi connectivity index (χ4v) is 4.02. The lowest BCUT2D eigenvalue weighted by molar-refractivity contribution is -0.144. The molecular weight excluding hydrogens is 472 g/mol. The van der Waals surface area contributed by atoms with Gasteiger partial charge in [0.15, 0.2) is 0 Å². The Balaban J connectivity index is 2.27. The van der Waals surface area contributed by atoms with Crippen molar-refractivity contribution in [1.82, 2.24) is 0 Å². The molecule has 10 heteroatoms. The number of nitrogens with two attached hydrogens (primary N) is 1. The first-order valence-corrected chi connectivity index (χ1v) is 10.0. The number of allylic oxidation sites excluding steroid dienone is 1. The van der Waals surface area contributed by atoms with Gasteiger partial charge in [0.2, 0.25) is 11.8 Å². The number of carbonyl (C=O) groups excluding carboxylic acids is 3. The molecule has 1 spiro atoms. The molecule has 0 aromatic heterocycles. The Bertz CT molecular complexity index is 1030. The second-order valence-corrected chi connectivity index (χ2v) is 7.60. The summed E-state index contributed by atoms with van der Waals surface area (Å²) in [4.78, 5) is 39.6. The van der Waals surface area contributed by atoms with E-state index in [2.05, 4.69) is 27.8 Å². The fraction of sp³-hybridized carbons (Fsp3) is 0.286. The second kappa shape index (κ2) is 8.94. The molecule has 0 fully saturated rings. The van der Waals surface area contributed by atoms with E-state index >= 15 is 0 Å². The molecule has 31 heavy (non-hydrogen) atoms. The average Bonchev–Trinajstić information content (AvgIpc) is 2.98. The van der Waals surface area contributed by atoms with E-state index in [9.17, 15) is 14.4 Å². The van der Waals surface area contributed by atoms with Crippen molar-refractivity contribution in [3.8, 4) is 0 Å². The van der Waals surface area contributed by atoms with Crippen molar-refractivity contribution < 1.29 is 33.3 Å². The molecule has 1 atom stereocenters. The van der Waals surface area contributed by atoms with Crippen LogP contribution in [0.3, 0.4) is 0 Å². The maximum Gasteiger partial charge on any atom is 0.341 e. The first-order valence-electron chi connectivity index (χ1n) is 9.24. The molecule has 164 valence electrons. The number of hydrogen-bond acceptors (Lipinski definition) is 8. The van der Waals surface area contributed by atoms with Gasteiger partial charge in [-0.2, -0.15) is 0 Å². The molecule has 9 nitrogen and oxygen atoms in total. The minimum atomic E-state index is -1.92. The third kappa shape index (κ3) is 3.72. The summed E-state index contributed by atoms with van der Waals surface area (Å²) in [7, 11) is 1.45. The number of ether oxygens (including phenoxy) is 4. The predicted molar refractivity (Wildman–Crippen MR) is 113 cm³/mol. The standard InChI is InChI=1S/C21H21BrN2O7/c1-4-7-29-18(25)15-11(2)31-17(23)16(19(26)30-9-8-28-3)21(15)13-10-12(22)5-6-14(13)24-20(21)27/h4-6,10H,1,7-9,23H2,2-3H3,(H,24,27). The lowest BCUT2D eigenvalue weighted by Crippen LogP contribution is -2.48. The van der Waals surface area contributed by atoms with Crippen LogP contribution < -0.4 is 11.1 Å². The number of rotatable bonds is 7. The van der Waals surface area contributed by atoms with Gasteiger partial charge in [0, 0.05) is 22.8 Å². The molecule has 1 amide bonds. The van der Waals surface area contributed by atoms with Crippen molar-refractivity contribution in [2.24, 2.45) is 5.73 Å². The minimum absolute atomic E-state index is 0.0305. The number of methoxy groups -OCH3 is 1. The Morgan fingerprint density at radius 2 is 1.97 bits per heavy atom. The number of anilines is 1. The number of benzene rings is 1. The van der Waals surface area contributed by atoms with Crippen LogP contribution in [-0.2, 0) is 38.7 Å². The van der Waals surface area contributed by atoms with E-state index in [0.717, 1.165) is 0 Å². The van der Waals surface area contributed by atoms with Crippen LogP contribution in [0.2, 0.25) is 0 Å². The quantitative estimate of drug-likeness (QED) is 0.336. The highest BCUT2D eigenvalue weighted by Crippen LogP contribution is 2.53. The van der Waals surface area contributed by atoms with E-state index in [0.29, 0.717) is 15.7 Å². The minimum Gasteiger partial charge on any atom is -0.460 e. The van der Waals surface area contributed by atoms with Gasteiger partial charge >= 0.3 is 11.9 Å². The fourth-order valence-electron chi connectivity index (χ4n) is 3.66. The summed E-state index contributed by atoms with van der Waals surface area (Å²) < 4.78 is 21.5. The topological polar surface area (TPSA) is 126 Å². The zero-order valence-corrected chi connectivity index (χ0v) is 18.5. The molecule has 2 aliphatic heterocycles. The van der Waals surface area contributed by atoms with E-state index in [1.165, 1.54) is 20.1 Å². The third-order valence-corrected chi connectivity index (χ3v) is 5.34. The smallest absolute Gasteiger partial charge is 0.341 e. The Morgan fingerprint density at radius 1 is 1.26 bits per heavy atom. The van der Waals surface area contributed by atoms with Gasteiger partial charge < -0.3 is 30.0 Å². The molecule has 0 aliphatic carbocycles. The van der Waals surface area contributed by atoms with Crippen LogP contribution in [0.1, 0.15) is 12.5 Å².